The molecule has 0 radical (unpaired) electrons. The normalized spacial score (nSPS) is 33.2. The van der Waals surface area contributed by atoms with Crippen molar-refractivity contribution in [1.29, 1.82) is 0 Å². The highest BCUT2D eigenvalue weighted by Gasteiger charge is 2.26. The molecule has 0 aliphatic carbocycles. The minimum Gasteiger partial charge on any atom is -0.311 e. The van der Waals surface area contributed by atoms with Gasteiger partial charge in [-0.2, -0.15) is 0 Å². The average Bonchev–Trinajstić information content (AvgIpc) is 2.17. The summed E-state index contributed by atoms with van der Waals surface area (Å²) in [5, 5.41) is 3.64. The molecule has 1 aliphatic rings. The molecule has 0 spiro atoms. The molecular weight excluding hydrogens is 160 g/mol. The molecule has 3 atom stereocenters. The summed E-state index contributed by atoms with van der Waals surface area (Å²) in [6.07, 6.45) is 1.28. The Balaban J connectivity index is 2.44. The van der Waals surface area contributed by atoms with Crippen LogP contribution >= 0.6 is 0 Å². The van der Waals surface area contributed by atoms with E-state index in [-0.39, 0.29) is 0 Å². The van der Waals surface area contributed by atoms with Gasteiger partial charge in [-0.25, -0.2) is 0 Å². The standard InChI is InChI=1S/C11H24N2/c1-5-9(3)11-8-13(6-2)10(4)7-12-11/h9-12H,5-8H2,1-4H3. The molecule has 1 N–H and O–H groups in total. The van der Waals surface area contributed by atoms with Crippen LogP contribution in [0.5, 0.6) is 0 Å². The molecule has 1 aliphatic heterocycles. The van der Waals surface area contributed by atoms with Gasteiger partial charge in [0.05, 0.1) is 0 Å². The van der Waals surface area contributed by atoms with Crippen LogP contribution in [0.1, 0.15) is 34.1 Å². The molecule has 1 heterocycles. The SMILES string of the molecule is CCC(C)C1CN(CC)C(C)CN1. The summed E-state index contributed by atoms with van der Waals surface area (Å²) in [4.78, 5) is 2.58. The quantitative estimate of drug-likeness (QED) is 0.718. The van der Waals surface area contributed by atoms with Crippen LogP contribution in [0.15, 0.2) is 0 Å². The highest BCUT2D eigenvalue weighted by molar-refractivity contribution is 4.85. The van der Waals surface area contributed by atoms with Gasteiger partial charge < -0.3 is 5.32 Å². The van der Waals surface area contributed by atoms with Gasteiger partial charge in [0.1, 0.15) is 0 Å². The second-order valence-electron chi connectivity index (χ2n) is 4.34. The third-order valence-corrected chi connectivity index (χ3v) is 3.47. The molecule has 1 saturated heterocycles. The maximum atomic E-state index is 3.64. The van der Waals surface area contributed by atoms with Crippen LogP contribution in [0.3, 0.4) is 0 Å². The summed E-state index contributed by atoms with van der Waals surface area (Å²) in [5.74, 6) is 0.807. The maximum Gasteiger partial charge on any atom is 0.0221 e. The molecule has 3 unspecified atom stereocenters. The summed E-state index contributed by atoms with van der Waals surface area (Å²) < 4.78 is 0. The minimum absolute atomic E-state index is 0.709. The highest BCUT2D eigenvalue weighted by Crippen LogP contribution is 2.14. The molecule has 0 amide bonds. The lowest BCUT2D eigenvalue weighted by Gasteiger charge is -2.40. The lowest BCUT2D eigenvalue weighted by Crippen LogP contribution is -2.57. The van der Waals surface area contributed by atoms with E-state index in [1.807, 2.05) is 0 Å². The maximum absolute atomic E-state index is 3.64. The monoisotopic (exact) mass is 184 g/mol. The van der Waals surface area contributed by atoms with Crippen molar-refractivity contribution in [2.45, 2.75) is 46.2 Å². The molecule has 0 aromatic heterocycles. The van der Waals surface area contributed by atoms with Gasteiger partial charge in [0.15, 0.2) is 0 Å². The Morgan fingerprint density at radius 3 is 2.69 bits per heavy atom. The zero-order valence-electron chi connectivity index (χ0n) is 9.51. The first-order valence-electron chi connectivity index (χ1n) is 5.66. The van der Waals surface area contributed by atoms with Gasteiger partial charge in [-0.05, 0) is 19.4 Å². The van der Waals surface area contributed by atoms with Crippen molar-refractivity contribution >= 4 is 0 Å². The Morgan fingerprint density at radius 1 is 1.46 bits per heavy atom. The third kappa shape index (κ3) is 2.68. The predicted molar refractivity (Wildman–Crippen MR) is 58.0 cm³/mol. The fraction of sp³-hybridized carbons (Fsp3) is 1.00. The van der Waals surface area contributed by atoms with Gasteiger partial charge in [0.25, 0.3) is 0 Å². The van der Waals surface area contributed by atoms with Crippen LogP contribution in [-0.2, 0) is 0 Å². The van der Waals surface area contributed by atoms with E-state index in [9.17, 15) is 0 Å². The molecule has 0 bridgehead atoms. The number of nitrogens with one attached hydrogen (secondary N) is 1. The van der Waals surface area contributed by atoms with E-state index < -0.39 is 0 Å². The van der Waals surface area contributed by atoms with Gasteiger partial charge in [0.2, 0.25) is 0 Å². The summed E-state index contributed by atoms with van der Waals surface area (Å²) in [5.41, 5.74) is 0. The van der Waals surface area contributed by atoms with Crippen LogP contribution in [0, 0.1) is 5.92 Å². The van der Waals surface area contributed by atoms with E-state index in [0.717, 1.165) is 12.5 Å². The lowest BCUT2D eigenvalue weighted by atomic mass is 9.96. The Hall–Kier alpha value is -0.0800. The van der Waals surface area contributed by atoms with Crippen molar-refractivity contribution in [3.63, 3.8) is 0 Å². The molecular formula is C11H24N2. The highest BCUT2D eigenvalue weighted by atomic mass is 15.2. The molecule has 0 aromatic rings. The summed E-state index contributed by atoms with van der Waals surface area (Å²) >= 11 is 0. The Bertz CT molecular complexity index is 147. The van der Waals surface area contributed by atoms with Crippen molar-refractivity contribution in [3.05, 3.63) is 0 Å². The first-order valence-corrected chi connectivity index (χ1v) is 5.66. The van der Waals surface area contributed by atoms with Crippen molar-refractivity contribution in [3.8, 4) is 0 Å². The molecule has 1 fully saturated rings. The van der Waals surface area contributed by atoms with Gasteiger partial charge in [0, 0.05) is 25.2 Å². The zero-order valence-corrected chi connectivity index (χ0v) is 9.51. The van der Waals surface area contributed by atoms with Crippen LogP contribution in [0.2, 0.25) is 0 Å². The van der Waals surface area contributed by atoms with Crippen LogP contribution in [-0.4, -0.2) is 36.6 Å². The second kappa shape index (κ2) is 4.97. The van der Waals surface area contributed by atoms with Crippen LogP contribution in [0.25, 0.3) is 0 Å². The van der Waals surface area contributed by atoms with Gasteiger partial charge in [-0.3, -0.25) is 4.90 Å². The smallest absolute Gasteiger partial charge is 0.0221 e. The van der Waals surface area contributed by atoms with Crippen molar-refractivity contribution in [2.24, 2.45) is 5.92 Å². The van der Waals surface area contributed by atoms with E-state index in [0.29, 0.717) is 12.1 Å². The van der Waals surface area contributed by atoms with Crippen LogP contribution in [0.4, 0.5) is 0 Å². The topological polar surface area (TPSA) is 15.3 Å². The number of hydrogen-bond donors (Lipinski definition) is 1. The molecule has 78 valence electrons. The molecule has 2 heteroatoms. The number of piperazine rings is 1. The first-order chi connectivity index (χ1) is 6.19. The molecule has 0 aromatic carbocycles. The average molecular weight is 184 g/mol. The summed E-state index contributed by atoms with van der Waals surface area (Å²) in [6, 6.07) is 1.42. The second-order valence-corrected chi connectivity index (χ2v) is 4.34. The first kappa shape index (κ1) is 11.0. The zero-order chi connectivity index (χ0) is 9.84. The van der Waals surface area contributed by atoms with E-state index >= 15 is 0 Å². The molecule has 0 saturated carbocycles. The number of hydrogen-bond acceptors (Lipinski definition) is 2. The van der Waals surface area contributed by atoms with E-state index in [1.54, 1.807) is 0 Å². The number of likely N-dealkylation sites (N-methyl/N-ethyl adjacent to an activating group) is 1. The van der Waals surface area contributed by atoms with Crippen LogP contribution < -0.4 is 5.32 Å². The summed E-state index contributed by atoms with van der Waals surface area (Å²) in [6.45, 7) is 12.8. The number of nitrogens with zero attached hydrogens (tertiary/aromatic N) is 1. The van der Waals surface area contributed by atoms with E-state index in [2.05, 4.69) is 37.9 Å². The fourth-order valence-corrected chi connectivity index (χ4v) is 2.05. The summed E-state index contributed by atoms with van der Waals surface area (Å²) in [7, 11) is 0. The molecule has 2 nitrogen and oxygen atoms in total. The predicted octanol–water partition coefficient (Wildman–Crippen LogP) is 1.71. The van der Waals surface area contributed by atoms with E-state index in [1.165, 1.54) is 19.5 Å². The van der Waals surface area contributed by atoms with Gasteiger partial charge in [-0.15, -0.1) is 0 Å². The molecule has 13 heavy (non-hydrogen) atoms. The Labute approximate surface area is 82.7 Å². The Kier molecular flexibility index (Phi) is 4.20. The minimum atomic E-state index is 0.709. The van der Waals surface area contributed by atoms with E-state index in [4.69, 9.17) is 0 Å². The van der Waals surface area contributed by atoms with Crippen molar-refractivity contribution in [2.75, 3.05) is 19.6 Å². The fourth-order valence-electron chi connectivity index (χ4n) is 2.05. The van der Waals surface area contributed by atoms with Gasteiger partial charge in [-0.1, -0.05) is 27.2 Å². The number of rotatable bonds is 3. The lowest BCUT2D eigenvalue weighted by molar-refractivity contribution is 0.125. The molecule has 1 rings (SSSR count). The Morgan fingerprint density at radius 2 is 2.15 bits per heavy atom. The van der Waals surface area contributed by atoms with Crippen molar-refractivity contribution in [1.82, 2.24) is 10.2 Å². The largest absolute Gasteiger partial charge is 0.311 e. The van der Waals surface area contributed by atoms with Crippen molar-refractivity contribution < 1.29 is 0 Å². The third-order valence-electron chi connectivity index (χ3n) is 3.47. The van der Waals surface area contributed by atoms with Gasteiger partial charge >= 0.3 is 0 Å².